The maximum Gasteiger partial charge on any atom is 0.196 e. The molecular formula is C42H32N4O. The number of fused-ring (bicyclic) bond motifs is 5. The average Bonchev–Trinajstić information content (AvgIpc) is 3.60. The third-order valence-electron chi connectivity index (χ3n) is 9.18. The minimum absolute atomic E-state index is 0.117. The van der Waals surface area contributed by atoms with Crippen molar-refractivity contribution in [3.63, 3.8) is 0 Å². The van der Waals surface area contributed by atoms with Gasteiger partial charge in [-0.15, -0.1) is 0 Å². The fraction of sp³-hybridized carbons (Fsp3) is 0.0714. The van der Waals surface area contributed by atoms with Gasteiger partial charge < -0.3 is 15.4 Å². The summed E-state index contributed by atoms with van der Waals surface area (Å²) in [5.41, 5.74) is 7.78. The Kier molecular flexibility index (Phi) is 6.69. The Labute approximate surface area is 273 Å². The van der Waals surface area contributed by atoms with Crippen molar-refractivity contribution >= 4 is 33.1 Å². The number of nitrogens with zero attached hydrogens (tertiary/aromatic N) is 1. The highest BCUT2D eigenvalue weighted by Crippen LogP contribution is 2.46. The zero-order valence-electron chi connectivity index (χ0n) is 25.6. The Bertz CT molecular complexity index is 2250. The van der Waals surface area contributed by atoms with Gasteiger partial charge in [0.05, 0.1) is 5.69 Å². The molecule has 0 aliphatic carbocycles. The van der Waals surface area contributed by atoms with Crippen molar-refractivity contribution in [1.29, 1.82) is 0 Å². The third-order valence-corrected chi connectivity index (χ3v) is 9.18. The third kappa shape index (κ3) is 5.07. The molecule has 0 bridgehead atoms. The summed E-state index contributed by atoms with van der Waals surface area (Å²) in [5, 5.41) is 15.6. The van der Waals surface area contributed by atoms with Gasteiger partial charge in [-0.3, -0.25) is 5.32 Å². The highest BCUT2D eigenvalue weighted by Gasteiger charge is 2.28. The number of hydrogen-bond acceptors (Lipinski definition) is 5. The van der Waals surface area contributed by atoms with Gasteiger partial charge in [0.1, 0.15) is 18.2 Å². The molecule has 9 rings (SSSR count). The molecule has 2 aliphatic heterocycles. The van der Waals surface area contributed by atoms with E-state index in [9.17, 15) is 0 Å². The van der Waals surface area contributed by atoms with Crippen LogP contribution in [-0.4, -0.2) is 5.84 Å². The zero-order chi connectivity index (χ0) is 31.2. The number of hydrogen-bond donors (Lipinski definition) is 3. The molecule has 0 saturated heterocycles. The van der Waals surface area contributed by atoms with Crippen molar-refractivity contribution in [2.24, 2.45) is 4.99 Å². The van der Waals surface area contributed by atoms with Gasteiger partial charge in [-0.25, -0.2) is 4.99 Å². The highest BCUT2D eigenvalue weighted by molar-refractivity contribution is 6.13. The number of amidine groups is 1. The molecule has 0 saturated carbocycles. The quantitative estimate of drug-likeness (QED) is 0.170. The first-order valence-corrected chi connectivity index (χ1v) is 16.1. The van der Waals surface area contributed by atoms with E-state index in [0.29, 0.717) is 0 Å². The number of aliphatic imine (C=N–C) groups is 1. The van der Waals surface area contributed by atoms with Crippen molar-refractivity contribution in [2.45, 2.75) is 18.6 Å². The molecule has 2 heterocycles. The molecule has 0 radical (unpaired) electrons. The molecule has 2 aliphatic rings. The summed E-state index contributed by atoms with van der Waals surface area (Å²) in [7, 11) is 0. The average molecular weight is 609 g/mol. The minimum atomic E-state index is -0.266. The molecule has 0 fully saturated rings. The van der Waals surface area contributed by atoms with E-state index in [-0.39, 0.29) is 18.6 Å². The predicted molar refractivity (Wildman–Crippen MR) is 191 cm³/mol. The summed E-state index contributed by atoms with van der Waals surface area (Å²) < 4.78 is 6.63. The van der Waals surface area contributed by atoms with E-state index in [4.69, 9.17) is 9.73 Å². The molecule has 226 valence electrons. The first-order chi connectivity index (χ1) is 23.3. The first-order valence-electron chi connectivity index (χ1n) is 16.1. The Hall–Kier alpha value is -5.91. The summed E-state index contributed by atoms with van der Waals surface area (Å²) in [6, 6.07) is 55.3. The predicted octanol–water partition coefficient (Wildman–Crippen LogP) is 9.50. The Balaban J connectivity index is 1.13. The number of rotatable bonds is 5. The van der Waals surface area contributed by atoms with Crippen LogP contribution < -0.4 is 20.7 Å². The van der Waals surface area contributed by atoms with Gasteiger partial charge >= 0.3 is 0 Å². The number of benzene rings is 7. The van der Waals surface area contributed by atoms with Crippen molar-refractivity contribution < 1.29 is 4.74 Å². The second-order valence-corrected chi connectivity index (χ2v) is 12.1. The van der Waals surface area contributed by atoms with Crippen LogP contribution in [0.15, 0.2) is 163 Å². The lowest BCUT2D eigenvalue weighted by Crippen LogP contribution is -2.44. The summed E-state index contributed by atoms with van der Waals surface area (Å²) in [6.45, 7) is 0. The van der Waals surface area contributed by atoms with Crippen LogP contribution in [0.4, 0.5) is 5.69 Å². The van der Waals surface area contributed by atoms with E-state index in [0.717, 1.165) is 61.1 Å². The van der Waals surface area contributed by atoms with Crippen LogP contribution in [0, 0.1) is 0 Å². The number of ether oxygens (including phenoxy) is 1. The van der Waals surface area contributed by atoms with Crippen LogP contribution in [0.5, 0.6) is 5.75 Å². The largest absolute Gasteiger partial charge is 0.464 e. The van der Waals surface area contributed by atoms with Crippen LogP contribution in [0.25, 0.3) is 32.7 Å². The van der Waals surface area contributed by atoms with E-state index in [1.165, 1.54) is 11.1 Å². The minimum Gasteiger partial charge on any atom is -0.464 e. The van der Waals surface area contributed by atoms with Crippen LogP contribution in [0.2, 0.25) is 0 Å². The molecule has 0 spiro atoms. The molecule has 7 aromatic rings. The van der Waals surface area contributed by atoms with Gasteiger partial charge in [0.15, 0.2) is 12.0 Å². The van der Waals surface area contributed by atoms with Gasteiger partial charge in [-0.05, 0) is 50.5 Å². The molecular weight excluding hydrogens is 576 g/mol. The zero-order valence-corrected chi connectivity index (χ0v) is 25.6. The lowest BCUT2D eigenvalue weighted by molar-refractivity contribution is 0.263. The lowest BCUT2D eigenvalue weighted by atomic mass is 9.97. The van der Waals surface area contributed by atoms with Crippen LogP contribution in [0.3, 0.4) is 0 Å². The smallest absolute Gasteiger partial charge is 0.196 e. The molecule has 5 nitrogen and oxygen atoms in total. The van der Waals surface area contributed by atoms with E-state index >= 15 is 0 Å². The Morgan fingerprint density at radius 1 is 0.511 bits per heavy atom. The maximum atomic E-state index is 6.63. The summed E-state index contributed by atoms with van der Waals surface area (Å²) in [6.07, 6.45) is -0.611. The lowest BCUT2D eigenvalue weighted by Gasteiger charge is -2.32. The van der Waals surface area contributed by atoms with Crippen molar-refractivity contribution in [1.82, 2.24) is 10.6 Å². The fourth-order valence-electron chi connectivity index (χ4n) is 6.75. The second kappa shape index (κ2) is 11.5. The van der Waals surface area contributed by atoms with Gasteiger partial charge in [-0.2, -0.15) is 0 Å². The van der Waals surface area contributed by atoms with Gasteiger partial charge in [0, 0.05) is 16.5 Å². The topological polar surface area (TPSA) is 57.7 Å². The Morgan fingerprint density at radius 3 is 1.89 bits per heavy atom. The van der Waals surface area contributed by atoms with Crippen molar-refractivity contribution in [3.05, 3.63) is 180 Å². The van der Waals surface area contributed by atoms with E-state index in [1.54, 1.807) is 0 Å². The van der Waals surface area contributed by atoms with E-state index in [1.807, 2.05) is 30.3 Å². The molecule has 5 heteroatoms. The van der Waals surface area contributed by atoms with Crippen LogP contribution >= 0.6 is 0 Å². The van der Waals surface area contributed by atoms with E-state index in [2.05, 4.69) is 143 Å². The molecule has 3 N–H and O–H groups in total. The van der Waals surface area contributed by atoms with Crippen LogP contribution in [-0.2, 0) is 0 Å². The van der Waals surface area contributed by atoms with Gasteiger partial charge in [0.25, 0.3) is 0 Å². The second-order valence-electron chi connectivity index (χ2n) is 12.1. The van der Waals surface area contributed by atoms with Gasteiger partial charge in [-0.1, -0.05) is 146 Å². The SMILES string of the molecule is c1ccc(-c2ccc(C3=NC(c4ccc5ccc6ccc7c(c6c5c4)OC(c4ccccc4)N7)NC(c4ccccc4)N3)cc2)cc1. The van der Waals surface area contributed by atoms with Crippen molar-refractivity contribution in [2.75, 3.05) is 5.32 Å². The molecule has 7 aromatic carbocycles. The normalized spacial score (nSPS) is 18.6. The van der Waals surface area contributed by atoms with Crippen LogP contribution in [0.1, 0.15) is 40.8 Å². The van der Waals surface area contributed by atoms with E-state index < -0.39 is 0 Å². The highest BCUT2D eigenvalue weighted by atomic mass is 16.5. The molecule has 0 amide bonds. The standard InChI is InChI=1S/C42H32N4O/c1-4-10-27(11-5-1)28-16-21-32(22-17-28)40-44-39(31-12-6-2-7-13-31)45-41(46-40)34-23-19-29-18-20-30-24-25-36-38(37(30)35(29)26-34)47-42(43-36)33-14-8-3-9-15-33/h1-26,39,41-43,45H,(H,44,46). The summed E-state index contributed by atoms with van der Waals surface area (Å²) in [4.78, 5) is 5.26. The monoisotopic (exact) mass is 608 g/mol. The first kappa shape index (κ1) is 27.4. The number of nitrogens with one attached hydrogen (secondary N) is 3. The number of anilines is 1. The fourth-order valence-corrected chi connectivity index (χ4v) is 6.75. The molecule has 0 aromatic heterocycles. The molecule has 3 unspecified atom stereocenters. The summed E-state index contributed by atoms with van der Waals surface area (Å²) in [5.74, 6) is 1.75. The van der Waals surface area contributed by atoms with Crippen molar-refractivity contribution in [3.8, 4) is 16.9 Å². The Morgan fingerprint density at radius 2 is 1.13 bits per heavy atom. The molecule has 3 atom stereocenters. The molecule has 47 heavy (non-hydrogen) atoms. The maximum absolute atomic E-state index is 6.63. The van der Waals surface area contributed by atoms with Gasteiger partial charge in [0.2, 0.25) is 0 Å². The summed E-state index contributed by atoms with van der Waals surface area (Å²) >= 11 is 0.